The fourth-order valence-electron chi connectivity index (χ4n) is 4.10. The number of halogens is 1. The fraction of sp³-hybridized carbons (Fsp3) is 0.138. The van der Waals surface area contributed by atoms with Crippen LogP contribution in [0.3, 0.4) is 0 Å². The Bertz CT molecular complexity index is 1530. The Morgan fingerprint density at radius 2 is 1.69 bits per heavy atom. The summed E-state index contributed by atoms with van der Waals surface area (Å²) in [5.74, 6) is 1.23. The third-order valence-electron chi connectivity index (χ3n) is 6.03. The zero-order valence-electron chi connectivity index (χ0n) is 20.0. The van der Waals surface area contributed by atoms with E-state index in [1.165, 1.54) is 5.56 Å². The molecule has 1 atom stereocenters. The zero-order chi connectivity index (χ0) is 25.1. The van der Waals surface area contributed by atoms with Gasteiger partial charge >= 0.3 is 0 Å². The van der Waals surface area contributed by atoms with Crippen LogP contribution >= 0.6 is 23.4 Å². The third kappa shape index (κ3) is 5.15. The number of carbonyl (C=O) groups is 1. The molecule has 5 rings (SSSR count). The molecule has 0 fully saturated rings. The SMILES string of the molecule is Cc1ccc(Cl)cc1-n1c(SCc2ccccc2)nnc1C(C)NC(=O)c1ccc2ccccc2c1. The maximum Gasteiger partial charge on any atom is 0.251 e. The molecular formula is C29H25ClN4OS. The number of carbonyl (C=O) groups excluding carboxylic acids is 1. The van der Waals surface area contributed by atoms with E-state index >= 15 is 0 Å². The van der Waals surface area contributed by atoms with Crippen LogP contribution in [0.2, 0.25) is 5.02 Å². The van der Waals surface area contributed by atoms with Crippen LogP contribution in [-0.4, -0.2) is 20.7 Å². The van der Waals surface area contributed by atoms with Crippen molar-refractivity contribution in [2.45, 2.75) is 30.8 Å². The molecule has 1 N–H and O–H groups in total. The van der Waals surface area contributed by atoms with E-state index in [2.05, 4.69) is 27.6 Å². The molecule has 180 valence electrons. The number of aryl methyl sites for hydroxylation is 1. The quantitative estimate of drug-likeness (QED) is 0.235. The van der Waals surface area contributed by atoms with Crippen molar-refractivity contribution in [3.05, 3.63) is 119 Å². The summed E-state index contributed by atoms with van der Waals surface area (Å²) in [5.41, 5.74) is 3.73. The highest BCUT2D eigenvalue weighted by atomic mass is 35.5. The van der Waals surface area contributed by atoms with Gasteiger partial charge in [0.2, 0.25) is 0 Å². The number of benzene rings is 4. The molecule has 0 aliphatic heterocycles. The summed E-state index contributed by atoms with van der Waals surface area (Å²) in [7, 11) is 0. The monoisotopic (exact) mass is 512 g/mol. The number of nitrogens with one attached hydrogen (secondary N) is 1. The molecule has 1 amide bonds. The van der Waals surface area contributed by atoms with Gasteiger partial charge in [-0.1, -0.05) is 90.1 Å². The summed E-state index contributed by atoms with van der Waals surface area (Å²) < 4.78 is 2.00. The van der Waals surface area contributed by atoms with Crippen LogP contribution in [0, 0.1) is 6.92 Å². The van der Waals surface area contributed by atoms with Crippen molar-refractivity contribution in [1.29, 1.82) is 0 Å². The minimum atomic E-state index is -0.388. The van der Waals surface area contributed by atoms with Crippen molar-refractivity contribution >= 4 is 40.0 Å². The highest BCUT2D eigenvalue weighted by Gasteiger charge is 2.23. The third-order valence-corrected chi connectivity index (χ3v) is 7.26. The van der Waals surface area contributed by atoms with Gasteiger partial charge in [0, 0.05) is 16.3 Å². The lowest BCUT2D eigenvalue weighted by molar-refractivity contribution is 0.0938. The van der Waals surface area contributed by atoms with Crippen LogP contribution in [0.5, 0.6) is 0 Å². The Hall–Kier alpha value is -3.61. The first-order valence-electron chi connectivity index (χ1n) is 11.7. The van der Waals surface area contributed by atoms with E-state index in [-0.39, 0.29) is 11.9 Å². The number of hydrogen-bond acceptors (Lipinski definition) is 4. The first-order valence-corrected chi connectivity index (χ1v) is 13.0. The molecule has 7 heteroatoms. The number of rotatable bonds is 7. The number of aromatic nitrogens is 3. The second kappa shape index (κ2) is 10.6. The minimum Gasteiger partial charge on any atom is -0.342 e. The van der Waals surface area contributed by atoms with Gasteiger partial charge in [-0.15, -0.1) is 10.2 Å². The van der Waals surface area contributed by atoms with Crippen molar-refractivity contribution in [3.63, 3.8) is 0 Å². The van der Waals surface area contributed by atoms with Crippen LogP contribution in [-0.2, 0) is 5.75 Å². The van der Waals surface area contributed by atoms with E-state index in [1.54, 1.807) is 11.8 Å². The molecule has 0 aliphatic carbocycles. The Morgan fingerprint density at radius 3 is 2.50 bits per heavy atom. The summed E-state index contributed by atoms with van der Waals surface area (Å²) in [6.07, 6.45) is 0. The molecule has 0 radical (unpaired) electrons. The lowest BCUT2D eigenvalue weighted by atomic mass is 10.1. The maximum atomic E-state index is 13.2. The van der Waals surface area contributed by atoms with Gasteiger partial charge in [0.25, 0.3) is 5.91 Å². The Morgan fingerprint density at radius 1 is 0.944 bits per heavy atom. The molecule has 4 aromatic carbocycles. The van der Waals surface area contributed by atoms with E-state index in [0.29, 0.717) is 16.4 Å². The number of fused-ring (bicyclic) bond motifs is 1. The zero-order valence-corrected chi connectivity index (χ0v) is 21.6. The van der Waals surface area contributed by atoms with Crippen LogP contribution in [0.4, 0.5) is 0 Å². The standard InChI is InChI=1S/C29H25ClN4OS/c1-19-12-15-25(30)17-26(19)34-27(32-33-29(34)36-18-21-8-4-3-5-9-21)20(2)31-28(35)24-14-13-22-10-6-7-11-23(22)16-24/h3-17,20H,18H2,1-2H3,(H,31,35). The molecule has 5 aromatic rings. The van der Waals surface area contributed by atoms with Gasteiger partial charge in [0.15, 0.2) is 11.0 Å². The minimum absolute atomic E-state index is 0.163. The summed E-state index contributed by atoms with van der Waals surface area (Å²) in [6.45, 7) is 3.95. The predicted octanol–water partition coefficient (Wildman–Crippen LogP) is 7.17. The molecule has 1 heterocycles. The first kappa shape index (κ1) is 24.1. The summed E-state index contributed by atoms with van der Waals surface area (Å²) >= 11 is 7.97. The van der Waals surface area contributed by atoms with Gasteiger partial charge in [-0.3, -0.25) is 9.36 Å². The van der Waals surface area contributed by atoms with E-state index in [0.717, 1.165) is 32.9 Å². The summed E-state index contributed by atoms with van der Waals surface area (Å²) in [6, 6.07) is 29.3. The molecule has 0 bridgehead atoms. The van der Waals surface area contributed by atoms with Crippen molar-refractivity contribution < 1.29 is 4.79 Å². The molecule has 0 saturated carbocycles. The first-order chi connectivity index (χ1) is 17.5. The Kier molecular flexibility index (Phi) is 7.07. The number of nitrogens with zero attached hydrogens (tertiary/aromatic N) is 3. The van der Waals surface area contributed by atoms with Crippen LogP contribution < -0.4 is 5.32 Å². The van der Waals surface area contributed by atoms with E-state index in [4.69, 9.17) is 11.6 Å². The van der Waals surface area contributed by atoms with E-state index < -0.39 is 0 Å². The summed E-state index contributed by atoms with van der Waals surface area (Å²) in [4.78, 5) is 13.2. The van der Waals surface area contributed by atoms with Crippen molar-refractivity contribution in [2.75, 3.05) is 0 Å². The molecule has 5 nitrogen and oxygen atoms in total. The normalized spacial score (nSPS) is 12.0. The second-order valence-corrected chi connectivity index (χ2v) is 10.0. The van der Waals surface area contributed by atoms with Crippen molar-refractivity contribution in [2.24, 2.45) is 0 Å². The molecule has 1 aromatic heterocycles. The highest BCUT2D eigenvalue weighted by molar-refractivity contribution is 7.98. The van der Waals surface area contributed by atoms with Crippen molar-refractivity contribution in [3.8, 4) is 5.69 Å². The lowest BCUT2D eigenvalue weighted by Gasteiger charge is -2.18. The Labute approximate surface area is 219 Å². The van der Waals surface area contributed by atoms with Gasteiger partial charge in [-0.2, -0.15) is 0 Å². The van der Waals surface area contributed by atoms with Gasteiger partial charge in [-0.25, -0.2) is 0 Å². The average molecular weight is 513 g/mol. The van der Waals surface area contributed by atoms with Crippen LogP contribution in [0.25, 0.3) is 16.5 Å². The molecule has 36 heavy (non-hydrogen) atoms. The van der Waals surface area contributed by atoms with E-state index in [9.17, 15) is 4.79 Å². The smallest absolute Gasteiger partial charge is 0.251 e. The van der Waals surface area contributed by atoms with Crippen LogP contribution in [0.15, 0.2) is 96.2 Å². The predicted molar refractivity (Wildman–Crippen MR) is 147 cm³/mol. The van der Waals surface area contributed by atoms with E-state index in [1.807, 2.05) is 97.3 Å². The molecule has 0 aliphatic rings. The summed E-state index contributed by atoms with van der Waals surface area (Å²) in [5, 5.41) is 15.6. The lowest BCUT2D eigenvalue weighted by Crippen LogP contribution is -2.28. The topological polar surface area (TPSA) is 59.8 Å². The molecular weight excluding hydrogens is 488 g/mol. The van der Waals surface area contributed by atoms with Gasteiger partial charge in [-0.05, 0) is 60.0 Å². The molecule has 1 unspecified atom stereocenters. The highest BCUT2D eigenvalue weighted by Crippen LogP contribution is 2.30. The van der Waals surface area contributed by atoms with Gasteiger partial charge in [0.1, 0.15) is 0 Å². The number of thioether (sulfide) groups is 1. The maximum absolute atomic E-state index is 13.2. The average Bonchev–Trinajstić information content (AvgIpc) is 3.33. The molecule has 0 spiro atoms. The fourth-order valence-corrected chi connectivity index (χ4v) is 5.18. The van der Waals surface area contributed by atoms with Crippen LogP contribution in [0.1, 0.15) is 40.3 Å². The number of amides is 1. The molecule has 0 saturated heterocycles. The van der Waals surface area contributed by atoms with Gasteiger partial charge in [0.05, 0.1) is 11.7 Å². The van der Waals surface area contributed by atoms with Crippen molar-refractivity contribution in [1.82, 2.24) is 20.1 Å². The second-order valence-electron chi connectivity index (χ2n) is 8.64. The largest absolute Gasteiger partial charge is 0.342 e. The number of hydrogen-bond donors (Lipinski definition) is 1. The Balaban J connectivity index is 1.46. The van der Waals surface area contributed by atoms with Gasteiger partial charge < -0.3 is 5.32 Å².